The summed E-state index contributed by atoms with van der Waals surface area (Å²) in [6.07, 6.45) is 1.03. The molecule has 0 heterocycles. The summed E-state index contributed by atoms with van der Waals surface area (Å²) in [7, 11) is 0. The molecule has 3 nitrogen and oxygen atoms in total. The van der Waals surface area contributed by atoms with Crippen LogP contribution in [0.25, 0.3) is 0 Å². The van der Waals surface area contributed by atoms with Crippen LogP contribution in [0.5, 0.6) is 0 Å². The fourth-order valence-corrected chi connectivity index (χ4v) is 1.79. The molecule has 2 unspecified atom stereocenters. The molecule has 1 aromatic rings. The maximum atomic E-state index is 12.7. The summed E-state index contributed by atoms with van der Waals surface area (Å²) in [5.74, 6) is -0.327. The van der Waals surface area contributed by atoms with Crippen LogP contribution in [-0.4, -0.2) is 17.1 Å². The van der Waals surface area contributed by atoms with Crippen LogP contribution in [0.3, 0.4) is 0 Å². The summed E-state index contributed by atoms with van der Waals surface area (Å²) in [6.45, 7) is 3.79. The Labute approximate surface area is 107 Å². The van der Waals surface area contributed by atoms with Crippen molar-refractivity contribution in [3.8, 4) is 0 Å². The van der Waals surface area contributed by atoms with Crippen molar-refractivity contribution >= 4 is 5.91 Å². The van der Waals surface area contributed by atoms with Gasteiger partial charge in [-0.05, 0) is 37.5 Å². The Hall–Kier alpha value is -1.42. The third kappa shape index (κ3) is 4.84. The van der Waals surface area contributed by atoms with Crippen LogP contribution in [0.15, 0.2) is 24.3 Å². The lowest BCUT2D eigenvalue weighted by molar-refractivity contribution is -0.121. The number of hydrogen-bond acceptors (Lipinski definition) is 2. The summed E-state index contributed by atoms with van der Waals surface area (Å²) < 4.78 is 12.7. The Kier molecular flexibility index (Phi) is 5.78. The lowest BCUT2D eigenvalue weighted by Gasteiger charge is -2.18. The van der Waals surface area contributed by atoms with E-state index in [9.17, 15) is 14.3 Å². The summed E-state index contributed by atoms with van der Waals surface area (Å²) in [4.78, 5) is 11.4. The molecule has 0 aliphatic rings. The average Bonchev–Trinajstić information content (AvgIpc) is 2.29. The number of aliphatic hydroxyl groups excluding tert-OH is 1. The van der Waals surface area contributed by atoms with Gasteiger partial charge in [-0.2, -0.15) is 0 Å². The van der Waals surface area contributed by atoms with E-state index in [0.29, 0.717) is 18.4 Å². The molecule has 100 valence electrons. The first-order valence-electron chi connectivity index (χ1n) is 6.25. The van der Waals surface area contributed by atoms with Crippen LogP contribution in [0.2, 0.25) is 0 Å². The lowest BCUT2D eigenvalue weighted by atomic mass is 10.0. The molecule has 0 aliphatic carbocycles. The van der Waals surface area contributed by atoms with Crippen LogP contribution < -0.4 is 5.32 Å². The number of halogens is 1. The minimum atomic E-state index is -0.692. The van der Waals surface area contributed by atoms with E-state index in [1.165, 1.54) is 12.1 Å². The Balaban J connectivity index is 2.46. The van der Waals surface area contributed by atoms with Crippen molar-refractivity contribution in [3.63, 3.8) is 0 Å². The van der Waals surface area contributed by atoms with Crippen molar-refractivity contribution in [2.45, 2.75) is 45.3 Å². The van der Waals surface area contributed by atoms with Gasteiger partial charge in [0.15, 0.2) is 0 Å². The zero-order valence-corrected chi connectivity index (χ0v) is 10.8. The summed E-state index contributed by atoms with van der Waals surface area (Å²) >= 11 is 0. The van der Waals surface area contributed by atoms with E-state index in [0.717, 1.165) is 6.42 Å². The SMILES string of the molecule is CCCC(=O)NC(C)CC(O)c1ccc(F)cc1. The first-order chi connectivity index (χ1) is 8.52. The van der Waals surface area contributed by atoms with Gasteiger partial charge in [0.05, 0.1) is 6.10 Å². The molecule has 0 spiro atoms. The van der Waals surface area contributed by atoms with Crippen LogP contribution >= 0.6 is 0 Å². The predicted octanol–water partition coefficient (Wildman–Crippen LogP) is 2.55. The molecule has 1 rings (SSSR count). The van der Waals surface area contributed by atoms with E-state index >= 15 is 0 Å². The van der Waals surface area contributed by atoms with Gasteiger partial charge in [-0.25, -0.2) is 4.39 Å². The monoisotopic (exact) mass is 253 g/mol. The second-order valence-corrected chi connectivity index (χ2v) is 4.52. The fourth-order valence-electron chi connectivity index (χ4n) is 1.79. The van der Waals surface area contributed by atoms with Crippen molar-refractivity contribution in [2.24, 2.45) is 0 Å². The van der Waals surface area contributed by atoms with Gasteiger partial charge in [-0.3, -0.25) is 4.79 Å². The van der Waals surface area contributed by atoms with E-state index in [-0.39, 0.29) is 17.8 Å². The molecule has 1 aromatic carbocycles. The summed E-state index contributed by atoms with van der Waals surface area (Å²) in [5, 5.41) is 12.8. The molecular formula is C14H20FNO2. The minimum absolute atomic E-state index is 0.00342. The molecular weight excluding hydrogens is 233 g/mol. The lowest BCUT2D eigenvalue weighted by Crippen LogP contribution is -2.33. The molecule has 0 fully saturated rings. The predicted molar refractivity (Wildman–Crippen MR) is 68.5 cm³/mol. The fraction of sp³-hybridized carbons (Fsp3) is 0.500. The highest BCUT2D eigenvalue weighted by molar-refractivity contribution is 5.76. The smallest absolute Gasteiger partial charge is 0.220 e. The quantitative estimate of drug-likeness (QED) is 0.818. The van der Waals surface area contributed by atoms with Crippen molar-refractivity contribution in [1.29, 1.82) is 0 Å². The summed E-state index contributed by atoms with van der Waals surface area (Å²) in [6, 6.07) is 5.64. The molecule has 0 radical (unpaired) electrons. The highest BCUT2D eigenvalue weighted by Gasteiger charge is 2.14. The maximum absolute atomic E-state index is 12.7. The Morgan fingerprint density at radius 2 is 2.00 bits per heavy atom. The highest BCUT2D eigenvalue weighted by atomic mass is 19.1. The number of amides is 1. The third-order valence-corrected chi connectivity index (χ3v) is 2.72. The van der Waals surface area contributed by atoms with Gasteiger partial charge in [0.1, 0.15) is 5.82 Å². The maximum Gasteiger partial charge on any atom is 0.220 e. The van der Waals surface area contributed by atoms with Gasteiger partial charge >= 0.3 is 0 Å². The number of nitrogens with one attached hydrogen (secondary N) is 1. The van der Waals surface area contributed by atoms with Gasteiger partial charge in [0.25, 0.3) is 0 Å². The molecule has 0 saturated heterocycles. The second kappa shape index (κ2) is 7.11. The standard InChI is InChI=1S/C14H20FNO2/c1-3-4-14(18)16-10(2)9-13(17)11-5-7-12(15)8-6-11/h5-8,10,13,17H,3-4,9H2,1-2H3,(H,16,18). The van der Waals surface area contributed by atoms with Crippen LogP contribution in [0.1, 0.15) is 44.8 Å². The normalized spacial score (nSPS) is 14.0. The molecule has 1 amide bonds. The molecule has 2 N–H and O–H groups in total. The third-order valence-electron chi connectivity index (χ3n) is 2.72. The Morgan fingerprint density at radius 3 is 2.56 bits per heavy atom. The van der Waals surface area contributed by atoms with Crippen LogP contribution in [-0.2, 0) is 4.79 Å². The topological polar surface area (TPSA) is 49.3 Å². The van der Waals surface area contributed by atoms with Gasteiger partial charge in [-0.1, -0.05) is 19.1 Å². The van der Waals surface area contributed by atoms with Crippen molar-refractivity contribution < 1.29 is 14.3 Å². The van der Waals surface area contributed by atoms with E-state index in [4.69, 9.17) is 0 Å². The zero-order valence-electron chi connectivity index (χ0n) is 10.8. The molecule has 0 bridgehead atoms. The van der Waals surface area contributed by atoms with Crippen LogP contribution in [0.4, 0.5) is 4.39 Å². The van der Waals surface area contributed by atoms with Crippen molar-refractivity contribution in [1.82, 2.24) is 5.32 Å². The Bertz CT molecular complexity index is 378. The van der Waals surface area contributed by atoms with E-state index in [1.54, 1.807) is 12.1 Å². The molecule has 4 heteroatoms. The molecule has 0 saturated carbocycles. The average molecular weight is 253 g/mol. The molecule has 2 atom stereocenters. The number of aliphatic hydroxyl groups is 1. The van der Waals surface area contributed by atoms with Crippen molar-refractivity contribution in [3.05, 3.63) is 35.6 Å². The number of carbonyl (C=O) groups is 1. The van der Waals surface area contributed by atoms with Crippen molar-refractivity contribution in [2.75, 3.05) is 0 Å². The van der Waals surface area contributed by atoms with Gasteiger partial charge in [0.2, 0.25) is 5.91 Å². The number of hydrogen-bond donors (Lipinski definition) is 2. The number of rotatable bonds is 6. The highest BCUT2D eigenvalue weighted by Crippen LogP contribution is 2.18. The number of carbonyl (C=O) groups excluding carboxylic acids is 1. The first-order valence-corrected chi connectivity index (χ1v) is 6.25. The zero-order chi connectivity index (χ0) is 13.5. The largest absolute Gasteiger partial charge is 0.388 e. The van der Waals surface area contributed by atoms with Gasteiger partial charge in [0, 0.05) is 12.5 Å². The molecule has 0 aromatic heterocycles. The van der Waals surface area contributed by atoms with E-state index in [1.807, 2.05) is 13.8 Å². The molecule has 0 aliphatic heterocycles. The number of benzene rings is 1. The second-order valence-electron chi connectivity index (χ2n) is 4.52. The summed E-state index contributed by atoms with van der Waals surface area (Å²) in [5.41, 5.74) is 0.660. The van der Waals surface area contributed by atoms with Gasteiger partial charge < -0.3 is 10.4 Å². The van der Waals surface area contributed by atoms with E-state index in [2.05, 4.69) is 5.32 Å². The van der Waals surface area contributed by atoms with E-state index < -0.39 is 6.10 Å². The van der Waals surface area contributed by atoms with Crippen LogP contribution in [0, 0.1) is 5.82 Å². The first kappa shape index (κ1) is 14.6. The minimum Gasteiger partial charge on any atom is -0.388 e. The Morgan fingerprint density at radius 1 is 1.39 bits per heavy atom. The van der Waals surface area contributed by atoms with Gasteiger partial charge in [-0.15, -0.1) is 0 Å². The molecule has 18 heavy (non-hydrogen) atoms.